The molecule has 0 radical (unpaired) electrons. The Morgan fingerprint density at radius 1 is 0.556 bits per heavy atom. The number of benzene rings is 2. The van der Waals surface area contributed by atoms with Crippen LogP contribution < -0.4 is 30.7 Å². The standard InChI is InChI=1S/C39H56N4O2/c1-7-13-17-40-28-34-24-32(25-35(29-41-18-14-8-2)38(34)44-21-11-5)23-33-26-36(30-42-19-15-9-3)39(45-22-12-6)37(27-33)31-43-20-16-10-4/h7,9,13-20,24-27,40-43H,1,3,8,10-12,21-23,28-31H2,2,4-6H3. The molecule has 0 saturated heterocycles. The second kappa shape index (κ2) is 23.1. The fourth-order valence-electron chi connectivity index (χ4n) is 4.75. The van der Waals surface area contributed by atoms with Crippen LogP contribution in [0.5, 0.6) is 11.5 Å². The van der Waals surface area contributed by atoms with E-state index in [0.717, 1.165) is 65.9 Å². The van der Waals surface area contributed by atoms with Gasteiger partial charge in [0, 0.05) is 48.4 Å². The molecule has 6 nitrogen and oxygen atoms in total. The van der Waals surface area contributed by atoms with Crippen molar-refractivity contribution >= 4 is 0 Å². The summed E-state index contributed by atoms with van der Waals surface area (Å²) in [6.45, 7) is 20.1. The Kier molecular flexibility index (Phi) is 18.9. The van der Waals surface area contributed by atoms with Gasteiger partial charge in [-0.05, 0) is 104 Å². The zero-order valence-electron chi connectivity index (χ0n) is 28.1. The molecule has 0 atom stereocenters. The lowest BCUT2D eigenvalue weighted by Gasteiger charge is -2.20. The van der Waals surface area contributed by atoms with Crippen LogP contribution in [-0.4, -0.2) is 13.2 Å². The molecule has 0 unspecified atom stereocenters. The van der Waals surface area contributed by atoms with Crippen molar-refractivity contribution in [3.63, 3.8) is 0 Å². The smallest absolute Gasteiger partial charge is 0.129 e. The van der Waals surface area contributed by atoms with Crippen molar-refractivity contribution in [1.82, 2.24) is 21.3 Å². The van der Waals surface area contributed by atoms with Crippen LogP contribution in [0.3, 0.4) is 0 Å². The minimum atomic E-state index is 0.655. The highest BCUT2D eigenvalue weighted by atomic mass is 16.5. The van der Waals surface area contributed by atoms with E-state index < -0.39 is 0 Å². The average Bonchev–Trinajstić information content (AvgIpc) is 3.04. The summed E-state index contributed by atoms with van der Waals surface area (Å²) in [5, 5.41) is 13.7. The normalized spacial score (nSPS) is 11.5. The summed E-state index contributed by atoms with van der Waals surface area (Å²) in [4.78, 5) is 0. The minimum absolute atomic E-state index is 0.655. The van der Waals surface area contributed by atoms with Crippen LogP contribution in [0.15, 0.2) is 98.7 Å². The molecule has 6 heteroatoms. The highest BCUT2D eigenvalue weighted by Gasteiger charge is 2.16. The van der Waals surface area contributed by atoms with E-state index in [0.29, 0.717) is 39.4 Å². The molecule has 0 saturated carbocycles. The second-order valence-corrected chi connectivity index (χ2v) is 10.7. The van der Waals surface area contributed by atoms with Gasteiger partial charge in [-0.1, -0.05) is 65.2 Å². The summed E-state index contributed by atoms with van der Waals surface area (Å²) in [5.74, 6) is 1.90. The van der Waals surface area contributed by atoms with Crippen LogP contribution in [0.4, 0.5) is 0 Å². The maximum atomic E-state index is 6.36. The van der Waals surface area contributed by atoms with Crippen molar-refractivity contribution < 1.29 is 9.47 Å². The van der Waals surface area contributed by atoms with Crippen molar-refractivity contribution in [2.45, 2.75) is 86.0 Å². The molecule has 0 heterocycles. The number of rotatable bonds is 24. The molecule has 0 aliphatic rings. The van der Waals surface area contributed by atoms with Gasteiger partial charge < -0.3 is 30.7 Å². The average molecular weight is 613 g/mol. The van der Waals surface area contributed by atoms with Crippen LogP contribution in [0, 0.1) is 0 Å². The molecule has 2 aromatic rings. The van der Waals surface area contributed by atoms with E-state index in [4.69, 9.17) is 9.47 Å². The van der Waals surface area contributed by atoms with Crippen molar-refractivity contribution in [2.24, 2.45) is 0 Å². The molecular weight excluding hydrogens is 556 g/mol. The van der Waals surface area contributed by atoms with Gasteiger partial charge in [0.15, 0.2) is 0 Å². The van der Waals surface area contributed by atoms with Crippen molar-refractivity contribution in [3.8, 4) is 11.5 Å². The first-order valence-electron chi connectivity index (χ1n) is 16.4. The molecule has 0 fully saturated rings. The van der Waals surface area contributed by atoms with Crippen molar-refractivity contribution in [1.29, 1.82) is 0 Å². The lowest BCUT2D eigenvalue weighted by Crippen LogP contribution is -2.14. The Labute approximate surface area is 273 Å². The minimum Gasteiger partial charge on any atom is -0.493 e. The monoisotopic (exact) mass is 612 g/mol. The van der Waals surface area contributed by atoms with Crippen LogP contribution >= 0.6 is 0 Å². The van der Waals surface area contributed by atoms with Crippen molar-refractivity contribution in [3.05, 3.63) is 132 Å². The molecule has 0 amide bonds. The maximum absolute atomic E-state index is 6.36. The number of hydrogen-bond acceptors (Lipinski definition) is 6. The summed E-state index contributed by atoms with van der Waals surface area (Å²) in [6, 6.07) is 9.13. The SMILES string of the molecule is C=CC=CNCc1cc(Cc2cc(CNC=CC=C)c(OCCC)c(CNC=CCC)c2)cc(CNC=CCC)c1OCCC. The highest BCUT2D eigenvalue weighted by Crippen LogP contribution is 2.31. The Morgan fingerprint density at radius 2 is 0.911 bits per heavy atom. The summed E-state index contributed by atoms with van der Waals surface area (Å²) in [7, 11) is 0. The predicted octanol–water partition coefficient (Wildman–Crippen LogP) is 8.46. The van der Waals surface area contributed by atoms with Gasteiger partial charge in [0.25, 0.3) is 0 Å². The van der Waals surface area contributed by atoms with Gasteiger partial charge in [0.05, 0.1) is 13.2 Å². The summed E-state index contributed by atoms with van der Waals surface area (Å²) >= 11 is 0. The summed E-state index contributed by atoms with van der Waals surface area (Å²) in [6.07, 6.45) is 24.2. The summed E-state index contributed by atoms with van der Waals surface area (Å²) in [5.41, 5.74) is 7.04. The molecule has 2 rings (SSSR count). The van der Waals surface area contributed by atoms with Gasteiger partial charge in [-0.25, -0.2) is 0 Å². The molecule has 0 spiro atoms. The maximum Gasteiger partial charge on any atom is 0.129 e. The predicted molar refractivity (Wildman–Crippen MR) is 192 cm³/mol. The first-order valence-corrected chi connectivity index (χ1v) is 16.4. The van der Waals surface area contributed by atoms with E-state index in [-0.39, 0.29) is 0 Å². The van der Waals surface area contributed by atoms with E-state index >= 15 is 0 Å². The first kappa shape index (κ1) is 36.9. The number of nitrogens with one attached hydrogen (secondary N) is 4. The topological polar surface area (TPSA) is 66.6 Å². The van der Waals surface area contributed by atoms with E-state index in [1.54, 1.807) is 12.2 Å². The molecule has 0 aliphatic carbocycles. The molecule has 2 aromatic carbocycles. The van der Waals surface area contributed by atoms with Gasteiger partial charge in [-0.15, -0.1) is 0 Å². The zero-order chi connectivity index (χ0) is 32.5. The zero-order valence-corrected chi connectivity index (χ0v) is 28.1. The number of ether oxygens (including phenoxy) is 2. The van der Waals surface area contributed by atoms with E-state index in [9.17, 15) is 0 Å². The van der Waals surface area contributed by atoms with Gasteiger partial charge >= 0.3 is 0 Å². The quantitative estimate of drug-likeness (QED) is 0.0892. The third-order valence-electron chi connectivity index (χ3n) is 6.73. The first-order chi connectivity index (χ1) is 22.1. The van der Waals surface area contributed by atoms with E-state index in [1.165, 1.54) is 11.1 Å². The molecule has 0 bridgehead atoms. The Morgan fingerprint density at radius 3 is 1.22 bits per heavy atom. The largest absolute Gasteiger partial charge is 0.493 e. The third-order valence-corrected chi connectivity index (χ3v) is 6.73. The van der Waals surface area contributed by atoms with Crippen LogP contribution in [0.2, 0.25) is 0 Å². The number of allylic oxidation sites excluding steroid dienone is 6. The van der Waals surface area contributed by atoms with Crippen LogP contribution in [0.25, 0.3) is 0 Å². The van der Waals surface area contributed by atoms with Gasteiger partial charge in [0.2, 0.25) is 0 Å². The molecule has 45 heavy (non-hydrogen) atoms. The van der Waals surface area contributed by atoms with Crippen molar-refractivity contribution in [2.75, 3.05) is 13.2 Å². The molecule has 4 N–H and O–H groups in total. The fraction of sp³-hybridized carbons (Fsp3) is 0.385. The Hall–Kier alpha value is -4.32. The number of hydrogen-bond donors (Lipinski definition) is 4. The Bertz CT molecular complexity index is 1180. The molecule has 0 aromatic heterocycles. The van der Waals surface area contributed by atoms with Gasteiger partial charge in [-0.3, -0.25) is 0 Å². The molecule has 244 valence electrons. The van der Waals surface area contributed by atoms with Crippen LogP contribution in [0.1, 0.15) is 86.8 Å². The lowest BCUT2D eigenvalue weighted by atomic mass is 9.95. The molecular formula is C39H56N4O2. The fourth-order valence-corrected chi connectivity index (χ4v) is 4.75. The highest BCUT2D eigenvalue weighted by molar-refractivity contribution is 5.49. The Balaban J connectivity index is 2.60. The van der Waals surface area contributed by atoms with E-state index in [1.807, 2.05) is 37.0 Å². The lowest BCUT2D eigenvalue weighted by molar-refractivity contribution is 0.310. The summed E-state index contributed by atoms with van der Waals surface area (Å²) < 4.78 is 12.7. The third kappa shape index (κ3) is 13.9. The van der Waals surface area contributed by atoms with Gasteiger partial charge in [-0.2, -0.15) is 0 Å². The van der Waals surface area contributed by atoms with E-state index in [2.05, 4.69) is 98.5 Å². The second-order valence-electron chi connectivity index (χ2n) is 10.7. The molecule has 0 aliphatic heterocycles. The van der Waals surface area contributed by atoms with Gasteiger partial charge in [0.1, 0.15) is 11.5 Å². The van der Waals surface area contributed by atoms with Crippen LogP contribution in [-0.2, 0) is 32.6 Å².